The van der Waals surface area contributed by atoms with Crippen molar-refractivity contribution in [2.45, 2.75) is 19.4 Å². The fraction of sp³-hybridized carbons (Fsp3) is 0.385. The molecule has 2 N–H and O–H groups in total. The molecule has 5 nitrogen and oxygen atoms in total. The number of hydrogen-bond donors (Lipinski definition) is 2. The summed E-state index contributed by atoms with van der Waals surface area (Å²) in [6.07, 6.45) is 0. The van der Waals surface area contributed by atoms with Gasteiger partial charge in [-0.25, -0.2) is 0 Å². The molecule has 1 atom stereocenters. The highest BCUT2D eigenvalue weighted by atomic mass is 35.5. The average molecular weight is 314 g/mol. The molecule has 0 bridgehead atoms. The summed E-state index contributed by atoms with van der Waals surface area (Å²) in [5, 5.41) is 21.2. The van der Waals surface area contributed by atoms with E-state index in [0.29, 0.717) is 11.3 Å². The maximum Gasteiger partial charge on any atom is 0.256 e. The van der Waals surface area contributed by atoms with Gasteiger partial charge < -0.3 is 10.4 Å². The molecule has 0 aliphatic rings. The van der Waals surface area contributed by atoms with Gasteiger partial charge in [-0.2, -0.15) is 16.4 Å². The summed E-state index contributed by atoms with van der Waals surface area (Å²) in [7, 11) is 1.67. The second-order valence-electron chi connectivity index (χ2n) is 4.84. The van der Waals surface area contributed by atoms with E-state index in [2.05, 4.69) is 10.4 Å². The number of nitrogens with zero attached hydrogens (tertiary/aromatic N) is 2. The number of thiophene rings is 1. The molecule has 1 amide bonds. The van der Waals surface area contributed by atoms with Crippen molar-refractivity contribution in [3.63, 3.8) is 0 Å². The summed E-state index contributed by atoms with van der Waals surface area (Å²) in [4.78, 5) is 12.2. The van der Waals surface area contributed by atoms with Crippen LogP contribution in [-0.4, -0.2) is 27.3 Å². The number of rotatable bonds is 4. The lowest BCUT2D eigenvalue weighted by Crippen LogP contribution is -2.38. The summed E-state index contributed by atoms with van der Waals surface area (Å²) in [6.45, 7) is 3.48. The predicted octanol–water partition coefficient (Wildman–Crippen LogP) is 2.08. The molecule has 0 saturated carbocycles. The Morgan fingerprint density at radius 2 is 2.35 bits per heavy atom. The van der Waals surface area contributed by atoms with Crippen molar-refractivity contribution in [1.29, 1.82) is 0 Å². The highest BCUT2D eigenvalue weighted by molar-refractivity contribution is 7.08. The summed E-state index contributed by atoms with van der Waals surface area (Å²) in [5.41, 5.74) is 0.565. The van der Waals surface area contributed by atoms with Gasteiger partial charge in [0.05, 0.1) is 17.8 Å². The van der Waals surface area contributed by atoms with Gasteiger partial charge in [-0.3, -0.25) is 9.48 Å². The summed E-state index contributed by atoms with van der Waals surface area (Å²) < 4.78 is 1.45. The maximum atomic E-state index is 12.2. The van der Waals surface area contributed by atoms with Crippen molar-refractivity contribution in [2.75, 3.05) is 6.54 Å². The molecule has 0 fully saturated rings. The fourth-order valence-electron chi connectivity index (χ4n) is 1.90. The first-order valence-electron chi connectivity index (χ1n) is 6.05. The van der Waals surface area contributed by atoms with Crippen LogP contribution in [0.4, 0.5) is 0 Å². The number of nitrogens with one attached hydrogen (secondary N) is 1. The molecular weight excluding hydrogens is 298 g/mol. The molecule has 0 spiro atoms. The van der Waals surface area contributed by atoms with E-state index in [4.69, 9.17) is 11.6 Å². The molecule has 0 aliphatic carbocycles. The number of carbonyl (C=O) groups is 1. The van der Waals surface area contributed by atoms with Gasteiger partial charge in [0.1, 0.15) is 10.8 Å². The minimum absolute atomic E-state index is 0.104. The van der Waals surface area contributed by atoms with Crippen molar-refractivity contribution < 1.29 is 9.90 Å². The first-order valence-corrected chi connectivity index (χ1v) is 7.37. The van der Waals surface area contributed by atoms with Gasteiger partial charge in [0.15, 0.2) is 0 Å². The summed E-state index contributed by atoms with van der Waals surface area (Å²) in [5.74, 6) is -0.337. The zero-order valence-electron chi connectivity index (χ0n) is 11.5. The Kier molecular flexibility index (Phi) is 4.17. The topological polar surface area (TPSA) is 67.2 Å². The van der Waals surface area contributed by atoms with Gasteiger partial charge >= 0.3 is 0 Å². The number of aliphatic hydroxyl groups is 1. The second kappa shape index (κ2) is 5.55. The molecule has 2 aromatic rings. The van der Waals surface area contributed by atoms with Gasteiger partial charge in [0.25, 0.3) is 5.91 Å². The van der Waals surface area contributed by atoms with Crippen LogP contribution in [0, 0.1) is 6.92 Å². The van der Waals surface area contributed by atoms with Crippen molar-refractivity contribution in [3.05, 3.63) is 38.8 Å². The largest absolute Gasteiger partial charge is 0.384 e. The molecule has 0 aromatic carbocycles. The lowest BCUT2D eigenvalue weighted by Gasteiger charge is -2.22. The third-order valence-corrected chi connectivity index (χ3v) is 4.23. The van der Waals surface area contributed by atoms with E-state index in [-0.39, 0.29) is 17.6 Å². The van der Waals surface area contributed by atoms with E-state index in [9.17, 15) is 9.90 Å². The highest BCUT2D eigenvalue weighted by Crippen LogP contribution is 2.23. The van der Waals surface area contributed by atoms with E-state index in [1.807, 2.05) is 16.8 Å². The van der Waals surface area contributed by atoms with Gasteiger partial charge in [-0.1, -0.05) is 11.6 Å². The van der Waals surface area contributed by atoms with Crippen molar-refractivity contribution in [1.82, 2.24) is 15.1 Å². The van der Waals surface area contributed by atoms with Crippen LogP contribution in [-0.2, 0) is 12.6 Å². The molecule has 1 unspecified atom stereocenters. The van der Waals surface area contributed by atoms with Crippen LogP contribution in [0.25, 0.3) is 0 Å². The number of carbonyl (C=O) groups excluding carboxylic acids is 1. The molecular formula is C13H16ClN3O2S. The van der Waals surface area contributed by atoms with E-state index in [1.165, 1.54) is 16.0 Å². The molecule has 108 valence electrons. The highest BCUT2D eigenvalue weighted by Gasteiger charge is 2.26. The van der Waals surface area contributed by atoms with E-state index in [0.717, 1.165) is 5.56 Å². The van der Waals surface area contributed by atoms with Crippen LogP contribution in [0.3, 0.4) is 0 Å². The minimum Gasteiger partial charge on any atom is -0.384 e. The van der Waals surface area contributed by atoms with Crippen LogP contribution in [0.5, 0.6) is 0 Å². The van der Waals surface area contributed by atoms with Crippen LogP contribution in [0.15, 0.2) is 16.8 Å². The van der Waals surface area contributed by atoms with E-state index < -0.39 is 5.60 Å². The zero-order chi connectivity index (χ0) is 14.9. The van der Waals surface area contributed by atoms with Crippen molar-refractivity contribution in [2.24, 2.45) is 7.05 Å². The van der Waals surface area contributed by atoms with E-state index in [1.54, 1.807) is 20.9 Å². The number of aromatic nitrogens is 2. The van der Waals surface area contributed by atoms with Crippen LogP contribution in [0.2, 0.25) is 5.15 Å². The second-order valence-corrected chi connectivity index (χ2v) is 5.98. The summed E-state index contributed by atoms with van der Waals surface area (Å²) in [6, 6.07) is 1.83. The number of amides is 1. The number of hydrogen-bond acceptors (Lipinski definition) is 4. The molecule has 0 radical (unpaired) electrons. The number of halogens is 1. The SMILES string of the molecule is Cc1nn(C)c(Cl)c1C(=O)NCC(C)(O)c1ccsc1. The Balaban J connectivity index is 2.09. The summed E-state index contributed by atoms with van der Waals surface area (Å²) >= 11 is 7.54. The van der Waals surface area contributed by atoms with Gasteiger partial charge in [-0.05, 0) is 36.2 Å². The third-order valence-electron chi connectivity index (χ3n) is 3.12. The smallest absolute Gasteiger partial charge is 0.256 e. The molecule has 7 heteroatoms. The third kappa shape index (κ3) is 2.87. The van der Waals surface area contributed by atoms with Crippen molar-refractivity contribution >= 4 is 28.8 Å². The first kappa shape index (κ1) is 15.0. The normalized spacial score (nSPS) is 14.1. The predicted molar refractivity (Wildman–Crippen MR) is 79.2 cm³/mol. The molecule has 0 saturated heterocycles. The Hall–Kier alpha value is -1.37. The standard InChI is InChI=1S/C13H16ClN3O2S/c1-8-10(11(14)17(3)16-8)12(18)15-7-13(2,19)9-4-5-20-6-9/h4-6,19H,7H2,1-3H3,(H,15,18). The number of aryl methyl sites for hydroxylation is 2. The Labute approximate surface area is 126 Å². The molecule has 2 rings (SSSR count). The van der Waals surface area contributed by atoms with Crippen LogP contribution < -0.4 is 5.32 Å². The molecule has 2 heterocycles. The monoisotopic (exact) mass is 313 g/mol. The van der Waals surface area contributed by atoms with Gasteiger partial charge in [0, 0.05) is 7.05 Å². The fourth-order valence-corrected chi connectivity index (χ4v) is 2.94. The Morgan fingerprint density at radius 1 is 1.65 bits per heavy atom. The molecule has 2 aromatic heterocycles. The average Bonchev–Trinajstić information content (AvgIpc) is 2.97. The lowest BCUT2D eigenvalue weighted by molar-refractivity contribution is 0.0530. The van der Waals surface area contributed by atoms with Crippen LogP contribution in [0.1, 0.15) is 28.5 Å². The Bertz CT molecular complexity index is 620. The zero-order valence-corrected chi connectivity index (χ0v) is 13.0. The lowest BCUT2D eigenvalue weighted by atomic mass is 9.99. The minimum atomic E-state index is -1.11. The van der Waals surface area contributed by atoms with Crippen molar-refractivity contribution in [3.8, 4) is 0 Å². The first-order chi connectivity index (χ1) is 9.33. The van der Waals surface area contributed by atoms with Gasteiger partial charge in [0.2, 0.25) is 0 Å². The van der Waals surface area contributed by atoms with Gasteiger partial charge in [-0.15, -0.1) is 0 Å². The molecule has 20 heavy (non-hydrogen) atoms. The van der Waals surface area contributed by atoms with E-state index >= 15 is 0 Å². The van der Waals surface area contributed by atoms with Crippen LogP contribution >= 0.6 is 22.9 Å². The maximum absolute atomic E-state index is 12.2. The molecule has 0 aliphatic heterocycles. The Morgan fingerprint density at radius 3 is 2.85 bits per heavy atom. The quantitative estimate of drug-likeness (QED) is 0.908.